The third kappa shape index (κ3) is 2.15. The molecule has 2 heterocycles. The van der Waals surface area contributed by atoms with E-state index < -0.39 is 6.10 Å². The SMILES string of the molecule is CC1OCCC1C(=O)N1CCC(O)c2ccccc21. The van der Waals surface area contributed by atoms with Crippen LogP contribution < -0.4 is 4.90 Å². The Morgan fingerprint density at radius 3 is 2.89 bits per heavy atom. The minimum absolute atomic E-state index is 0.00786. The van der Waals surface area contributed by atoms with Crippen molar-refractivity contribution in [1.82, 2.24) is 0 Å². The summed E-state index contributed by atoms with van der Waals surface area (Å²) in [6.45, 7) is 3.20. The van der Waals surface area contributed by atoms with Crippen molar-refractivity contribution < 1.29 is 14.6 Å². The summed E-state index contributed by atoms with van der Waals surface area (Å²) < 4.78 is 5.49. The number of anilines is 1. The Balaban J connectivity index is 1.90. The molecule has 1 N–H and O–H groups in total. The summed E-state index contributed by atoms with van der Waals surface area (Å²) in [5, 5.41) is 10.0. The normalized spacial score (nSPS) is 30.2. The lowest BCUT2D eigenvalue weighted by Crippen LogP contribution is -2.42. The van der Waals surface area contributed by atoms with Gasteiger partial charge in [-0.15, -0.1) is 0 Å². The monoisotopic (exact) mass is 261 g/mol. The van der Waals surface area contributed by atoms with E-state index >= 15 is 0 Å². The number of aliphatic hydroxyl groups excluding tert-OH is 1. The fraction of sp³-hybridized carbons (Fsp3) is 0.533. The van der Waals surface area contributed by atoms with Crippen LogP contribution >= 0.6 is 0 Å². The second kappa shape index (κ2) is 4.94. The molecule has 1 fully saturated rings. The van der Waals surface area contributed by atoms with Crippen LogP contribution in [-0.2, 0) is 9.53 Å². The van der Waals surface area contributed by atoms with Gasteiger partial charge in [0.2, 0.25) is 5.91 Å². The Morgan fingerprint density at radius 2 is 2.16 bits per heavy atom. The first-order chi connectivity index (χ1) is 9.18. The van der Waals surface area contributed by atoms with Crippen molar-refractivity contribution in [1.29, 1.82) is 0 Å². The predicted molar refractivity (Wildman–Crippen MR) is 71.9 cm³/mol. The molecule has 1 saturated heterocycles. The lowest BCUT2D eigenvalue weighted by Gasteiger charge is -2.34. The highest BCUT2D eigenvalue weighted by atomic mass is 16.5. The van der Waals surface area contributed by atoms with E-state index in [4.69, 9.17) is 4.74 Å². The second-order valence-electron chi connectivity index (χ2n) is 5.32. The number of rotatable bonds is 1. The molecule has 3 unspecified atom stereocenters. The zero-order valence-electron chi connectivity index (χ0n) is 11.1. The Labute approximate surface area is 113 Å². The fourth-order valence-electron chi connectivity index (χ4n) is 3.03. The Morgan fingerprint density at radius 1 is 1.37 bits per heavy atom. The highest BCUT2D eigenvalue weighted by molar-refractivity contribution is 5.96. The number of hydrogen-bond acceptors (Lipinski definition) is 3. The third-order valence-corrected chi connectivity index (χ3v) is 4.17. The van der Waals surface area contributed by atoms with E-state index in [9.17, 15) is 9.90 Å². The van der Waals surface area contributed by atoms with E-state index in [-0.39, 0.29) is 17.9 Å². The highest BCUT2D eigenvalue weighted by Gasteiger charge is 2.36. The average molecular weight is 261 g/mol. The summed E-state index contributed by atoms with van der Waals surface area (Å²) in [4.78, 5) is 14.5. The minimum atomic E-state index is -0.461. The molecule has 3 atom stereocenters. The van der Waals surface area contributed by atoms with Gasteiger partial charge in [-0.05, 0) is 25.8 Å². The summed E-state index contributed by atoms with van der Waals surface area (Å²) in [5.41, 5.74) is 1.71. The third-order valence-electron chi connectivity index (χ3n) is 4.17. The first kappa shape index (κ1) is 12.6. The Kier molecular flexibility index (Phi) is 3.29. The smallest absolute Gasteiger partial charge is 0.232 e. The second-order valence-corrected chi connectivity index (χ2v) is 5.32. The summed E-state index contributed by atoms with van der Waals surface area (Å²) in [5.74, 6) is 0.0765. The summed E-state index contributed by atoms with van der Waals surface area (Å²) >= 11 is 0. The number of ether oxygens (including phenoxy) is 1. The molecule has 3 rings (SSSR count). The number of carbonyl (C=O) groups excluding carboxylic acids is 1. The zero-order valence-corrected chi connectivity index (χ0v) is 11.1. The van der Waals surface area contributed by atoms with E-state index in [0.717, 1.165) is 17.7 Å². The maximum atomic E-state index is 12.6. The largest absolute Gasteiger partial charge is 0.388 e. The van der Waals surface area contributed by atoms with Crippen LogP contribution in [0.3, 0.4) is 0 Å². The first-order valence-electron chi connectivity index (χ1n) is 6.88. The molecule has 2 aliphatic heterocycles. The van der Waals surface area contributed by atoms with Gasteiger partial charge in [-0.2, -0.15) is 0 Å². The van der Waals surface area contributed by atoms with E-state index in [1.54, 1.807) is 0 Å². The molecule has 1 aromatic carbocycles. The molecule has 19 heavy (non-hydrogen) atoms. The van der Waals surface area contributed by atoms with Gasteiger partial charge in [-0.1, -0.05) is 18.2 Å². The van der Waals surface area contributed by atoms with E-state index in [1.165, 1.54) is 0 Å². The molecule has 102 valence electrons. The van der Waals surface area contributed by atoms with Crippen LogP contribution in [-0.4, -0.2) is 30.3 Å². The molecule has 0 saturated carbocycles. The molecule has 0 radical (unpaired) electrons. The van der Waals surface area contributed by atoms with Gasteiger partial charge in [0.1, 0.15) is 0 Å². The van der Waals surface area contributed by atoms with Gasteiger partial charge < -0.3 is 14.7 Å². The van der Waals surface area contributed by atoms with Crippen LogP contribution in [0, 0.1) is 5.92 Å². The number of fused-ring (bicyclic) bond motifs is 1. The number of hydrogen-bond donors (Lipinski definition) is 1. The summed E-state index contributed by atoms with van der Waals surface area (Å²) in [6, 6.07) is 7.62. The van der Waals surface area contributed by atoms with E-state index in [0.29, 0.717) is 19.6 Å². The number of carbonyl (C=O) groups is 1. The van der Waals surface area contributed by atoms with Gasteiger partial charge in [0.25, 0.3) is 0 Å². The standard InChI is InChI=1S/C15H19NO3/c1-10-11(7-9-19-10)15(18)16-8-6-14(17)12-4-2-3-5-13(12)16/h2-5,10-11,14,17H,6-9H2,1H3. The number of amides is 1. The molecule has 4 heteroatoms. The van der Waals surface area contributed by atoms with Crippen LogP contribution in [0.4, 0.5) is 5.69 Å². The highest BCUT2D eigenvalue weighted by Crippen LogP contribution is 2.35. The molecule has 1 amide bonds. The zero-order chi connectivity index (χ0) is 13.4. The molecule has 0 bridgehead atoms. The number of para-hydroxylation sites is 1. The molecule has 1 aromatic rings. The van der Waals surface area contributed by atoms with Gasteiger partial charge >= 0.3 is 0 Å². The first-order valence-corrected chi connectivity index (χ1v) is 6.88. The molecule has 0 spiro atoms. The number of benzene rings is 1. The van der Waals surface area contributed by atoms with Crippen LogP contribution in [0.5, 0.6) is 0 Å². The quantitative estimate of drug-likeness (QED) is 0.839. The van der Waals surface area contributed by atoms with Gasteiger partial charge in [0, 0.05) is 24.4 Å². The van der Waals surface area contributed by atoms with Crippen LogP contribution in [0.15, 0.2) is 24.3 Å². The average Bonchev–Trinajstić information content (AvgIpc) is 2.85. The lowest BCUT2D eigenvalue weighted by molar-refractivity contribution is -0.123. The fourth-order valence-corrected chi connectivity index (χ4v) is 3.03. The maximum absolute atomic E-state index is 12.6. The topological polar surface area (TPSA) is 49.8 Å². The molecular formula is C15H19NO3. The van der Waals surface area contributed by atoms with Crippen molar-refractivity contribution in [2.45, 2.75) is 32.0 Å². The van der Waals surface area contributed by atoms with Gasteiger partial charge in [0.15, 0.2) is 0 Å². The summed E-state index contributed by atoms with van der Waals surface area (Å²) in [6.07, 6.45) is 0.926. The van der Waals surface area contributed by atoms with Crippen molar-refractivity contribution in [3.8, 4) is 0 Å². The lowest BCUT2D eigenvalue weighted by atomic mass is 9.95. The van der Waals surface area contributed by atoms with Crippen molar-refractivity contribution in [2.24, 2.45) is 5.92 Å². The van der Waals surface area contributed by atoms with Gasteiger partial charge in [-0.25, -0.2) is 0 Å². The predicted octanol–water partition coefficient (Wildman–Crippen LogP) is 1.88. The minimum Gasteiger partial charge on any atom is -0.388 e. The van der Waals surface area contributed by atoms with Crippen LogP contribution in [0.1, 0.15) is 31.4 Å². The van der Waals surface area contributed by atoms with E-state index in [2.05, 4.69) is 0 Å². The Bertz CT molecular complexity index is 488. The molecule has 0 aliphatic carbocycles. The van der Waals surface area contributed by atoms with Crippen molar-refractivity contribution in [2.75, 3.05) is 18.1 Å². The number of aliphatic hydroxyl groups is 1. The van der Waals surface area contributed by atoms with Gasteiger partial charge in [-0.3, -0.25) is 4.79 Å². The molecule has 4 nitrogen and oxygen atoms in total. The summed E-state index contributed by atoms with van der Waals surface area (Å²) in [7, 11) is 0. The molecular weight excluding hydrogens is 242 g/mol. The van der Waals surface area contributed by atoms with Crippen molar-refractivity contribution >= 4 is 11.6 Å². The Hall–Kier alpha value is -1.39. The van der Waals surface area contributed by atoms with Gasteiger partial charge in [0.05, 0.1) is 18.1 Å². The maximum Gasteiger partial charge on any atom is 0.232 e. The van der Waals surface area contributed by atoms with Crippen LogP contribution in [0.2, 0.25) is 0 Å². The van der Waals surface area contributed by atoms with Crippen molar-refractivity contribution in [3.63, 3.8) is 0 Å². The van der Waals surface area contributed by atoms with Crippen LogP contribution in [0.25, 0.3) is 0 Å². The number of nitrogens with zero attached hydrogens (tertiary/aromatic N) is 1. The van der Waals surface area contributed by atoms with E-state index in [1.807, 2.05) is 36.1 Å². The van der Waals surface area contributed by atoms with Crippen molar-refractivity contribution in [3.05, 3.63) is 29.8 Å². The molecule has 0 aromatic heterocycles. The molecule has 2 aliphatic rings.